The van der Waals surface area contributed by atoms with Crippen molar-refractivity contribution in [1.29, 1.82) is 0 Å². The zero-order chi connectivity index (χ0) is 10.8. The van der Waals surface area contributed by atoms with Crippen LogP contribution in [-0.2, 0) is 10.4 Å². The lowest BCUT2D eigenvalue weighted by molar-refractivity contribution is -0.120. The number of hydrogen-bond donors (Lipinski definition) is 1. The molecule has 1 N–H and O–H groups in total. The third-order valence-corrected chi connectivity index (χ3v) is 2.46. The summed E-state index contributed by atoms with van der Waals surface area (Å²) in [4.78, 5) is 10.7. The lowest BCUT2D eigenvalue weighted by atomic mass is 9.93. The van der Waals surface area contributed by atoms with Crippen LogP contribution in [-0.4, -0.2) is 11.4 Å². The Labute approximate surface area is 83.9 Å². The monoisotopic (exact) mass is 190 g/mol. The summed E-state index contributed by atoms with van der Waals surface area (Å²) >= 11 is 0. The van der Waals surface area contributed by atoms with E-state index in [-0.39, 0.29) is 0 Å². The van der Waals surface area contributed by atoms with Crippen LogP contribution in [0.5, 0.6) is 0 Å². The van der Waals surface area contributed by atoms with Crippen LogP contribution >= 0.6 is 0 Å². The third-order valence-electron chi connectivity index (χ3n) is 2.46. The molecule has 14 heavy (non-hydrogen) atoms. The molecule has 0 bridgehead atoms. The Morgan fingerprint density at radius 3 is 2.43 bits per heavy atom. The van der Waals surface area contributed by atoms with Gasteiger partial charge in [0.05, 0.1) is 0 Å². The number of hydrogen-bond acceptors (Lipinski definition) is 2. The third kappa shape index (κ3) is 1.75. The van der Waals surface area contributed by atoms with Crippen LogP contribution in [0.15, 0.2) is 30.9 Å². The van der Waals surface area contributed by atoms with E-state index < -0.39 is 5.60 Å². The molecule has 1 aromatic carbocycles. The fourth-order valence-electron chi connectivity index (χ4n) is 1.22. The molecule has 2 nitrogen and oxygen atoms in total. The maximum atomic E-state index is 10.7. The molecule has 0 fully saturated rings. The van der Waals surface area contributed by atoms with Gasteiger partial charge in [0.1, 0.15) is 0 Å². The Balaban J connectivity index is 3.25. The highest BCUT2D eigenvalue weighted by atomic mass is 16.3. The zero-order valence-corrected chi connectivity index (χ0v) is 8.45. The quantitative estimate of drug-likeness (QED) is 0.583. The fraction of sp³-hybridized carbons (Fsp3) is 0.250. The Hall–Kier alpha value is -1.41. The predicted molar refractivity (Wildman–Crippen MR) is 56.1 cm³/mol. The van der Waals surface area contributed by atoms with Gasteiger partial charge in [-0.05, 0) is 36.6 Å². The summed E-state index contributed by atoms with van der Waals surface area (Å²) in [6.07, 6.45) is 1.73. The highest BCUT2D eigenvalue weighted by Gasteiger charge is 2.24. The van der Waals surface area contributed by atoms with Crippen molar-refractivity contribution in [3.8, 4) is 0 Å². The summed E-state index contributed by atoms with van der Waals surface area (Å²) in [5.41, 5.74) is 1.18. The van der Waals surface area contributed by atoms with Gasteiger partial charge in [0.25, 0.3) is 0 Å². The Bertz CT molecular complexity index is 359. The van der Waals surface area contributed by atoms with Crippen molar-refractivity contribution in [3.05, 3.63) is 47.5 Å². The maximum absolute atomic E-state index is 10.7. The zero-order valence-electron chi connectivity index (χ0n) is 8.45. The van der Waals surface area contributed by atoms with Crippen molar-refractivity contribution in [2.75, 3.05) is 0 Å². The molecule has 74 valence electrons. The van der Waals surface area contributed by atoms with Crippen molar-refractivity contribution < 1.29 is 9.90 Å². The second kappa shape index (κ2) is 3.76. The van der Waals surface area contributed by atoms with E-state index in [1.807, 2.05) is 19.9 Å². The van der Waals surface area contributed by atoms with E-state index in [9.17, 15) is 9.90 Å². The molecule has 0 saturated carbocycles. The van der Waals surface area contributed by atoms with Gasteiger partial charge in [-0.15, -0.1) is 0 Å². The van der Waals surface area contributed by atoms with E-state index >= 15 is 0 Å². The van der Waals surface area contributed by atoms with E-state index in [2.05, 4.69) is 6.58 Å². The number of carbonyl (C=O) groups is 1. The van der Waals surface area contributed by atoms with Gasteiger partial charge in [-0.1, -0.05) is 24.8 Å². The standard InChI is InChI=1S/C12H14O2/c1-4-12(14,8-13)11-6-5-9(2)10(3)7-11/h4-8,14H,1H2,2-3H3. The largest absolute Gasteiger partial charge is 0.374 e. The molecule has 1 aromatic rings. The molecular formula is C12H14O2. The number of aryl methyl sites for hydroxylation is 2. The van der Waals surface area contributed by atoms with Gasteiger partial charge < -0.3 is 5.11 Å². The van der Waals surface area contributed by atoms with E-state index in [1.165, 1.54) is 6.08 Å². The molecule has 0 aliphatic heterocycles. The number of carbonyl (C=O) groups excluding carboxylic acids is 1. The van der Waals surface area contributed by atoms with Gasteiger partial charge in [-0.25, -0.2) is 0 Å². The van der Waals surface area contributed by atoms with E-state index in [0.29, 0.717) is 11.8 Å². The molecule has 0 spiro atoms. The molecule has 2 heteroatoms. The molecule has 0 heterocycles. The predicted octanol–water partition coefficient (Wildman–Crippen LogP) is 1.88. The van der Waals surface area contributed by atoms with Gasteiger partial charge in [-0.3, -0.25) is 4.79 Å². The Morgan fingerprint density at radius 2 is 2.00 bits per heavy atom. The van der Waals surface area contributed by atoms with Gasteiger partial charge in [0, 0.05) is 0 Å². The molecule has 0 aromatic heterocycles. The molecule has 0 amide bonds. The summed E-state index contributed by atoms with van der Waals surface area (Å²) in [7, 11) is 0. The summed E-state index contributed by atoms with van der Waals surface area (Å²) in [5.74, 6) is 0. The van der Waals surface area contributed by atoms with Gasteiger partial charge in [0.15, 0.2) is 11.9 Å². The lowest BCUT2D eigenvalue weighted by Gasteiger charge is -2.18. The SMILES string of the molecule is C=CC(O)(C=O)c1ccc(C)c(C)c1. The van der Waals surface area contributed by atoms with E-state index in [4.69, 9.17) is 0 Å². The topological polar surface area (TPSA) is 37.3 Å². The van der Waals surface area contributed by atoms with Crippen LogP contribution in [0.1, 0.15) is 16.7 Å². The number of aldehydes is 1. The smallest absolute Gasteiger partial charge is 0.163 e. The summed E-state index contributed by atoms with van der Waals surface area (Å²) in [6, 6.07) is 5.41. The average molecular weight is 190 g/mol. The number of rotatable bonds is 3. The normalized spacial score (nSPS) is 14.5. The van der Waals surface area contributed by atoms with Gasteiger partial charge in [0.2, 0.25) is 0 Å². The molecule has 0 aliphatic carbocycles. The fourth-order valence-corrected chi connectivity index (χ4v) is 1.22. The Morgan fingerprint density at radius 1 is 1.36 bits per heavy atom. The van der Waals surface area contributed by atoms with Crippen molar-refractivity contribution >= 4 is 6.29 Å². The number of aliphatic hydroxyl groups is 1. The first-order chi connectivity index (χ1) is 6.53. The first-order valence-electron chi connectivity index (χ1n) is 4.43. The molecule has 0 saturated heterocycles. The maximum Gasteiger partial charge on any atom is 0.163 e. The number of benzene rings is 1. The molecule has 0 aliphatic rings. The van der Waals surface area contributed by atoms with Crippen LogP contribution in [0.2, 0.25) is 0 Å². The van der Waals surface area contributed by atoms with Crippen molar-refractivity contribution in [2.24, 2.45) is 0 Å². The van der Waals surface area contributed by atoms with Crippen LogP contribution in [0.3, 0.4) is 0 Å². The minimum atomic E-state index is -1.56. The molecule has 0 radical (unpaired) electrons. The van der Waals surface area contributed by atoms with Crippen LogP contribution in [0, 0.1) is 13.8 Å². The lowest BCUT2D eigenvalue weighted by Crippen LogP contribution is -2.24. The second-order valence-electron chi connectivity index (χ2n) is 3.45. The van der Waals surface area contributed by atoms with Gasteiger partial charge >= 0.3 is 0 Å². The minimum Gasteiger partial charge on any atom is -0.374 e. The van der Waals surface area contributed by atoms with E-state index in [1.54, 1.807) is 12.1 Å². The van der Waals surface area contributed by atoms with Gasteiger partial charge in [-0.2, -0.15) is 0 Å². The summed E-state index contributed by atoms with van der Waals surface area (Å²) in [6.45, 7) is 7.37. The van der Waals surface area contributed by atoms with Crippen molar-refractivity contribution in [1.82, 2.24) is 0 Å². The van der Waals surface area contributed by atoms with Crippen LogP contribution < -0.4 is 0 Å². The van der Waals surface area contributed by atoms with E-state index in [0.717, 1.165) is 11.1 Å². The van der Waals surface area contributed by atoms with Crippen molar-refractivity contribution in [2.45, 2.75) is 19.4 Å². The van der Waals surface area contributed by atoms with Crippen LogP contribution in [0.25, 0.3) is 0 Å². The Kier molecular flexibility index (Phi) is 2.87. The highest BCUT2D eigenvalue weighted by Crippen LogP contribution is 2.22. The molecule has 1 rings (SSSR count). The minimum absolute atomic E-state index is 0.490. The highest BCUT2D eigenvalue weighted by molar-refractivity contribution is 5.69. The van der Waals surface area contributed by atoms with Crippen LogP contribution in [0.4, 0.5) is 0 Å². The molecule has 1 atom stereocenters. The molecular weight excluding hydrogens is 176 g/mol. The summed E-state index contributed by atoms with van der Waals surface area (Å²) in [5, 5.41) is 9.83. The first-order valence-corrected chi connectivity index (χ1v) is 4.43. The first kappa shape index (κ1) is 10.7. The summed E-state index contributed by atoms with van der Waals surface area (Å²) < 4.78 is 0. The second-order valence-corrected chi connectivity index (χ2v) is 3.45. The average Bonchev–Trinajstić information content (AvgIpc) is 2.21. The van der Waals surface area contributed by atoms with Crippen molar-refractivity contribution in [3.63, 3.8) is 0 Å². The molecule has 1 unspecified atom stereocenters.